The molecule has 2 unspecified atom stereocenters. The number of hydrogen-bond donors (Lipinski definition) is 1. The van der Waals surface area contributed by atoms with Gasteiger partial charge in [0.15, 0.2) is 11.5 Å². The first kappa shape index (κ1) is 14.2. The van der Waals surface area contributed by atoms with Gasteiger partial charge in [0.05, 0.1) is 7.11 Å². The quantitative estimate of drug-likeness (QED) is 0.878. The van der Waals surface area contributed by atoms with Crippen LogP contribution in [0.4, 0.5) is 0 Å². The molecule has 0 bridgehead atoms. The topological polar surface area (TPSA) is 33.7 Å². The molecule has 0 aromatic heterocycles. The summed E-state index contributed by atoms with van der Waals surface area (Å²) in [5.74, 6) is 1.62. The Morgan fingerprint density at radius 1 is 1.16 bits per heavy atom. The van der Waals surface area contributed by atoms with Crippen molar-refractivity contribution in [1.29, 1.82) is 0 Å². The highest BCUT2D eigenvalue weighted by atomic mass is 16.5. The Bertz CT molecular complexity index is 387. The van der Waals surface area contributed by atoms with Gasteiger partial charge in [-0.1, -0.05) is 12.1 Å². The number of rotatable bonds is 5. The molecule has 1 aromatic rings. The third-order valence-electron chi connectivity index (χ3n) is 3.69. The maximum absolute atomic E-state index is 5.84. The molecule has 1 N–H and O–H groups in total. The Balaban J connectivity index is 1.85. The fraction of sp³-hybridized carbons (Fsp3) is 0.600. The molecule has 1 aliphatic rings. The van der Waals surface area contributed by atoms with Crippen LogP contribution >= 0.6 is 0 Å². The summed E-state index contributed by atoms with van der Waals surface area (Å²) in [5, 5.41) is 3.44. The first-order valence-corrected chi connectivity index (χ1v) is 6.94. The number of benzene rings is 1. The summed E-state index contributed by atoms with van der Waals surface area (Å²) in [7, 11) is 1.67. The van der Waals surface area contributed by atoms with Crippen LogP contribution < -0.4 is 14.8 Å². The first-order valence-electron chi connectivity index (χ1n) is 6.94. The van der Waals surface area contributed by atoms with E-state index in [1.165, 1.54) is 0 Å². The van der Waals surface area contributed by atoms with Crippen molar-refractivity contribution in [3.8, 4) is 11.5 Å². The third-order valence-corrected chi connectivity index (χ3v) is 3.69. The predicted octanol–water partition coefficient (Wildman–Crippen LogP) is 1.76. The molecule has 2 rings (SSSR count). The standard InChI is InChI=1S/C15H24N2O2/c1-12-10-16-11-13(2)17(12)8-9-19-15-7-5-4-6-14(15)18-3/h4-7,12-13,16H,8-11H2,1-3H3. The highest BCUT2D eigenvalue weighted by Crippen LogP contribution is 2.25. The van der Waals surface area contributed by atoms with E-state index >= 15 is 0 Å². The maximum Gasteiger partial charge on any atom is 0.161 e. The van der Waals surface area contributed by atoms with Crippen LogP contribution in [0.5, 0.6) is 11.5 Å². The van der Waals surface area contributed by atoms with E-state index in [1.807, 2.05) is 24.3 Å². The summed E-state index contributed by atoms with van der Waals surface area (Å²) in [4.78, 5) is 2.49. The fourth-order valence-electron chi connectivity index (χ4n) is 2.61. The Hall–Kier alpha value is -1.26. The lowest BCUT2D eigenvalue weighted by atomic mass is 10.1. The van der Waals surface area contributed by atoms with Gasteiger partial charge in [0.2, 0.25) is 0 Å². The van der Waals surface area contributed by atoms with Gasteiger partial charge >= 0.3 is 0 Å². The molecule has 1 fully saturated rings. The van der Waals surface area contributed by atoms with Crippen LogP contribution in [0.25, 0.3) is 0 Å². The van der Waals surface area contributed by atoms with Crippen molar-refractivity contribution in [3.63, 3.8) is 0 Å². The zero-order valence-electron chi connectivity index (χ0n) is 12.1. The molecule has 0 amide bonds. The number of hydrogen-bond acceptors (Lipinski definition) is 4. The molecule has 1 aromatic carbocycles. The number of methoxy groups -OCH3 is 1. The second kappa shape index (κ2) is 6.78. The Kier molecular flexibility index (Phi) is 5.05. The van der Waals surface area contributed by atoms with E-state index < -0.39 is 0 Å². The minimum atomic E-state index is 0.560. The van der Waals surface area contributed by atoms with E-state index in [9.17, 15) is 0 Å². The molecule has 1 saturated heterocycles. The van der Waals surface area contributed by atoms with Crippen molar-refractivity contribution >= 4 is 0 Å². The molecule has 1 heterocycles. The zero-order valence-corrected chi connectivity index (χ0v) is 12.1. The monoisotopic (exact) mass is 264 g/mol. The van der Waals surface area contributed by atoms with Gasteiger partial charge < -0.3 is 14.8 Å². The molecular formula is C15H24N2O2. The fourth-order valence-corrected chi connectivity index (χ4v) is 2.61. The van der Waals surface area contributed by atoms with Crippen LogP contribution in [-0.2, 0) is 0 Å². The lowest BCUT2D eigenvalue weighted by Crippen LogP contribution is -2.55. The molecule has 1 aliphatic heterocycles. The third kappa shape index (κ3) is 3.61. The van der Waals surface area contributed by atoms with Gasteiger partial charge in [-0.25, -0.2) is 0 Å². The van der Waals surface area contributed by atoms with E-state index in [1.54, 1.807) is 7.11 Å². The van der Waals surface area contributed by atoms with Gasteiger partial charge in [-0.05, 0) is 26.0 Å². The van der Waals surface area contributed by atoms with Crippen LogP contribution in [0.15, 0.2) is 24.3 Å². The molecule has 19 heavy (non-hydrogen) atoms. The zero-order chi connectivity index (χ0) is 13.7. The average molecular weight is 264 g/mol. The second-order valence-corrected chi connectivity index (χ2v) is 5.09. The summed E-state index contributed by atoms with van der Waals surface area (Å²) in [5.41, 5.74) is 0. The van der Waals surface area contributed by atoms with Crippen molar-refractivity contribution in [2.45, 2.75) is 25.9 Å². The molecule has 0 aliphatic carbocycles. The van der Waals surface area contributed by atoms with Crippen molar-refractivity contribution in [3.05, 3.63) is 24.3 Å². The number of nitrogens with one attached hydrogen (secondary N) is 1. The predicted molar refractivity (Wildman–Crippen MR) is 77.0 cm³/mol. The molecule has 4 nitrogen and oxygen atoms in total. The number of piperazine rings is 1. The molecule has 106 valence electrons. The summed E-state index contributed by atoms with van der Waals surface area (Å²) in [6.45, 7) is 8.26. The normalized spacial score (nSPS) is 24.2. The largest absolute Gasteiger partial charge is 0.493 e. The average Bonchev–Trinajstić information content (AvgIpc) is 2.42. The second-order valence-electron chi connectivity index (χ2n) is 5.09. The lowest BCUT2D eigenvalue weighted by molar-refractivity contribution is 0.0959. The minimum absolute atomic E-state index is 0.560. The van der Waals surface area contributed by atoms with Crippen LogP contribution in [0.2, 0.25) is 0 Å². The van der Waals surface area contributed by atoms with Crippen LogP contribution in [0, 0.1) is 0 Å². The Labute approximate surface area is 115 Å². The van der Waals surface area contributed by atoms with Gasteiger partial charge in [0, 0.05) is 31.7 Å². The number of para-hydroxylation sites is 2. The molecule has 0 spiro atoms. The Morgan fingerprint density at radius 3 is 2.42 bits per heavy atom. The van der Waals surface area contributed by atoms with Crippen molar-refractivity contribution in [2.75, 3.05) is 33.4 Å². The molecule has 0 radical (unpaired) electrons. The highest BCUT2D eigenvalue weighted by Gasteiger charge is 2.23. The van der Waals surface area contributed by atoms with Gasteiger partial charge in [-0.15, -0.1) is 0 Å². The lowest BCUT2D eigenvalue weighted by Gasteiger charge is -2.39. The highest BCUT2D eigenvalue weighted by molar-refractivity contribution is 5.39. The SMILES string of the molecule is COc1ccccc1OCCN1C(C)CNCC1C. The van der Waals surface area contributed by atoms with Crippen molar-refractivity contribution in [2.24, 2.45) is 0 Å². The number of ether oxygens (including phenoxy) is 2. The molecule has 0 saturated carbocycles. The summed E-state index contributed by atoms with van der Waals surface area (Å²) >= 11 is 0. The van der Waals surface area contributed by atoms with Crippen LogP contribution in [0.3, 0.4) is 0 Å². The summed E-state index contributed by atoms with van der Waals surface area (Å²) in [6, 6.07) is 8.91. The van der Waals surface area contributed by atoms with E-state index in [0.29, 0.717) is 18.7 Å². The first-order chi connectivity index (χ1) is 9.22. The van der Waals surface area contributed by atoms with E-state index in [4.69, 9.17) is 9.47 Å². The maximum atomic E-state index is 5.84. The molecular weight excluding hydrogens is 240 g/mol. The van der Waals surface area contributed by atoms with Gasteiger partial charge in [0.25, 0.3) is 0 Å². The van der Waals surface area contributed by atoms with Crippen LogP contribution in [0.1, 0.15) is 13.8 Å². The summed E-state index contributed by atoms with van der Waals surface area (Å²) in [6.07, 6.45) is 0. The molecule has 4 heteroatoms. The van der Waals surface area contributed by atoms with Gasteiger partial charge in [-0.3, -0.25) is 4.90 Å². The molecule has 2 atom stereocenters. The Morgan fingerprint density at radius 2 is 1.79 bits per heavy atom. The van der Waals surface area contributed by atoms with Crippen molar-refractivity contribution < 1.29 is 9.47 Å². The smallest absolute Gasteiger partial charge is 0.161 e. The van der Waals surface area contributed by atoms with E-state index in [2.05, 4.69) is 24.1 Å². The van der Waals surface area contributed by atoms with E-state index in [0.717, 1.165) is 31.1 Å². The van der Waals surface area contributed by atoms with E-state index in [-0.39, 0.29) is 0 Å². The summed E-state index contributed by atoms with van der Waals surface area (Å²) < 4.78 is 11.1. The van der Waals surface area contributed by atoms with Crippen molar-refractivity contribution in [1.82, 2.24) is 10.2 Å². The van der Waals surface area contributed by atoms with Gasteiger partial charge in [0.1, 0.15) is 6.61 Å². The van der Waals surface area contributed by atoms with Crippen LogP contribution in [-0.4, -0.2) is 50.3 Å². The number of nitrogens with zero attached hydrogens (tertiary/aromatic N) is 1. The van der Waals surface area contributed by atoms with Gasteiger partial charge in [-0.2, -0.15) is 0 Å². The minimum Gasteiger partial charge on any atom is -0.493 e.